The lowest BCUT2D eigenvalue weighted by Gasteiger charge is -2.40. The summed E-state index contributed by atoms with van der Waals surface area (Å²) in [5.41, 5.74) is 3.87. The van der Waals surface area contributed by atoms with Gasteiger partial charge in [0.2, 0.25) is 0 Å². The summed E-state index contributed by atoms with van der Waals surface area (Å²) in [6.07, 6.45) is 6.84. The third kappa shape index (κ3) is 2.90. The van der Waals surface area contributed by atoms with Gasteiger partial charge in [0.05, 0.1) is 0 Å². The Morgan fingerprint density at radius 3 is 2.56 bits per heavy atom. The second kappa shape index (κ2) is 5.81. The van der Waals surface area contributed by atoms with E-state index in [9.17, 15) is 4.39 Å². The normalized spacial score (nSPS) is 20.6. The summed E-state index contributed by atoms with van der Waals surface area (Å²) in [4.78, 5) is 0. The van der Waals surface area contributed by atoms with Gasteiger partial charge in [0.1, 0.15) is 5.82 Å². The Labute approximate surface area is 109 Å². The number of hydrazine groups is 1. The van der Waals surface area contributed by atoms with Crippen molar-refractivity contribution in [3.8, 4) is 0 Å². The molecule has 0 aliphatic heterocycles. The van der Waals surface area contributed by atoms with E-state index in [1.807, 2.05) is 12.1 Å². The number of nitrogens with two attached hydrogens (primary N) is 1. The summed E-state index contributed by atoms with van der Waals surface area (Å²) in [6, 6.07) is 7.13. The summed E-state index contributed by atoms with van der Waals surface area (Å²) in [5.74, 6) is 5.59. The van der Waals surface area contributed by atoms with Crippen LogP contribution in [0, 0.1) is 11.2 Å². The van der Waals surface area contributed by atoms with Crippen LogP contribution in [0.1, 0.15) is 44.6 Å². The molecule has 0 saturated heterocycles. The van der Waals surface area contributed by atoms with Crippen molar-refractivity contribution in [1.29, 1.82) is 0 Å². The summed E-state index contributed by atoms with van der Waals surface area (Å²) in [6.45, 7) is 2.28. The number of nitrogens with one attached hydrogen (secondary N) is 1. The van der Waals surface area contributed by atoms with Crippen molar-refractivity contribution in [2.24, 2.45) is 11.3 Å². The minimum absolute atomic E-state index is 0.128. The lowest BCUT2D eigenvalue weighted by Crippen LogP contribution is -2.49. The van der Waals surface area contributed by atoms with E-state index in [2.05, 4.69) is 12.3 Å². The average Bonchev–Trinajstić information content (AvgIpc) is 2.38. The van der Waals surface area contributed by atoms with Crippen LogP contribution in [0.25, 0.3) is 0 Å². The van der Waals surface area contributed by atoms with E-state index in [-0.39, 0.29) is 17.3 Å². The van der Waals surface area contributed by atoms with E-state index < -0.39 is 0 Å². The van der Waals surface area contributed by atoms with E-state index in [0.717, 1.165) is 5.56 Å². The maximum Gasteiger partial charge on any atom is 0.126 e. The molecule has 3 heteroatoms. The summed E-state index contributed by atoms with van der Waals surface area (Å²) < 4.78 is 13.7. The maximum atomic E-state index is 13.7. The fraction of sp³-hybridized carbons (Fsp3) is 0.600. The molecule has 1 unspecified atom stereocenters. The minimum Gasteiger partial charge on any atom is -0.271 e. The molecule has 1 aromatic carbocycles. The lowest BCUT2D eigenvalue weighted by molar-refractivity contribution is 0.143. The Kier molecular flexibility index (Phi) is 4.36. The van der Waals surface area contributed by atoms with Gasteiger partial charge < -0.3 is 0 Å². The third-order valence-electron chi connectivity index (χ3n) is 4.42. The molecule has 1 fully saturated rings. The van der Waals surface area contributed by atoms with Gasteiger partial charge in [-0.25, -0.2) is 4.39 Å². The number of rotatable bonds is 4. The Hall–Kier alpha value is -0.930. The highest BCUT2D eigenvalue weighted by atomic mass is 19.1. The number of hydrogen-bond acceptors (Lipinski definition) is 2. The molecule has 1 aliphatic rings. The molecule has 0 aromatic heterocycles. The van der Waals surface area contributed by atoms with Crippen molar-refractivity contribution in [3.63, 3.8) is 0 Å². The Balaban J connectivity index is 2.11. The molecule has 0 heterocycles. The molecule has 0 spiro atoms. The highest BCUT2D eigenvalue weighted by molar-refractivity contribution is 5.19. The maximum absolute atomic E-state index is 13.7. The molecule has 1 aliphatic carbocycles. The minimum atomic E-state index is -0.128. The lowest BCUT2D eigenvalue weighted by atomic mass is 9.69. The molecule has 2 nitrogen and oxygen atoms in total. The van der Waals surface area contributed by atoms with Gasteiger partial charge in [0.25, 0.3) is 0 Å². The van der Waals surface area contributed by atoms with Gasteiger partial charge in [-0.3, -0.25) is 11.3 Å². The third-order valence-corrected chi connectivity index (χ3v) is 4.42. The van der Waals surface area contributed by atoms with Crippen molar-refractivity contribution in [1.82, 2.24) is 5.43 Å². The molecule has 1 saturated carbocycles. The first-order valence-electron chi connectivity index (χ1n) is 6.85. The Morgan fingerprint density at radius 1 is 1.28 bits per heavy atom. The first-order valence-corrected chi connectivity index (χ1v) is 6.85. The van der Waals surface area contributed by atoms with Crippen LogP contribution in [-0.4, -0.2) is 6.04 Å². The average molecular weight is 250 g/mol. The fourth-order valence-electron chi connectivity index (χ4n) is 3.10. The van der Waals surface area contributed by atoms with Gasteiger partial charge in [-0.1, -0.05) is 44.4 Å². The van der Waals surface area contributed by atoms with Crippen molar-refractivity contribution in [2.45, 2.75) is 51.5 Å². The fourth-order valence-corrected chi connectivity index (χ4v) is 3.10. The summed E-state index contributed by atoms with van der Waals surface area (Å²) in [7, 11) is 0. The van der Waals surface area contributed by atoms with Crippen LogP contribution in [0.5, 0.6) is 0 Å². The number of benzene rings is 1. The smallest absolute Gasteiger partial charge is 0.126 e. The van der Waals surface area contributed by atoms with E-state index in [0.29, 0.717) is 6.42 Å². The molecular weight excluding hydrogens is 227 g/mol. The SMILES string of the molecule is CC1(C(Cc2ccccc2F)NN)CCCCC1. The second-order valence-electron chi connectivity index (χ2n) is 5.73. The largest absolute Gasteiger partial charge is 0.271 e. The predicted octanol–water partition coefficient (Wildman–Crippen LogP) is 3.17. The Bertz CT molecular complexity index is 386. The van der Waals surface area contributed by atoms with Crippen LogP contribution in [0.15, 0.2) is 24.3 Å². The van der Waals surface area contributed by atoms with Crippen LogP contribution >= 0.6 is 0 Å². The van der Waals surface area contributed by atoms with Crippen molar-refractivity contribution >= 4 is 0 Å². The van der Waals surface area contributed by atoms with Gasteiger partial charge >= 0.3 is 0 Å². The molecule has 0 radical (unpaired) electrons. The van der Waals surface area contributed by atoms with Crippen LogP contribution in [-0.2, 0) is 6.42 Å². The molecule has 18 heavy (non-hydrogen) atoms. The van der Waals surface area contributed by atoms with Crippen LogP contribution in [0.3, 0.4) is 0 Å². The molecule has 0 amide bonds. The monoisotopic (exact) mass is 250 g/mol. The molecule has 100 valence electrons. The van der Waals surface area contributed by atoms with Crippen LogP contribution in [0.2, 0.25) is 0 Å². The quantitative estimate of drug-likeness (QED) is 0.636. The number of hydrogen-bond donors (Lipinski definition) is 2. The molecule has 1 aromatic rings. The van der Waals surface area contributed by atoms with Crippen molar-refractivity contribution in [3.05, 3.63) is 35.6 Å². The van der Waals surface area contributed by atoms with Crippen LogP contribution in [0.4, 0.5) is 4.39 Å². The van der Waals surface area contributed by atoms with E-state index in [1.165, 1.54) is 38.2 Å². The number of halogens is 1. The van der Waals surface area contributed by atoms with Gasteiger partial charge in [0, 0.05) is 6.04 Å². The molecule has 0 bridgehead atoms. The zero-order valence-electron chi connectivity index (χ0n) is 11.1. The highest BCUT2D eigenvalue weighted by Gasteiger charge is 2.35. The molecule has 3 N–H and O–H groups in total. The van der Waals surface area contributed by atoms with Gasteiger partial charge in [-0.05, 0) is 36.3 Å². The van der Waals surface area contributed by atoms with E-state index in [4.69, 9.17) is 5.84 Å². The standard InChI is InChI=1S/C15H23FN2/c1-15(9-5-2-6-10-15)14(18-17)11-12-7-3-4-8-13(12)16/h3-4,7-8,14,18H,2,5-6,9-11,17H2,1H3. The van der Waals surface area contributed by atoms with Gasteiger partial charge in [-0.15, -0.1) is 0 Å². The predicted molar refractivity (Wildman–Crippen MR) is 72.4 cm³/mol. The van der Waals surface area contributed by atoms with Crippen LogP contribution < -0.4 is 11.3 Å². The first kappa shape index (κ1) is 13.5. The zero-order valence-corrected chi connectivity index (χ0v) is 11.1. The van der Waals surface area contributed by atoms with E-state index in [1.54, 1.807) is 6.07 Å². The molecule has 2 rings (SSSR count). The summed E-state index contributed by atoms with van der Waals surface area (Å²) >= 11 is 0. The molecular formula is C15H23FN2. The first-order chi connectivity index (χ1) is 8.65. The van der Waals surface area contributed by atoms with E-state index >= 15 is 0 Å². The Morgan fingerprint density at radius 2 is 1.94 bits per heavy atom. The molecule has 1 atom stereocenters. The summed E-state index contributed by atoms with van der Waals surface area (Å²) in [5, 5.41) is 0. The van der Waals surface area contributed by atoms with Gasteiger partial charge in [-0.2, -0.15) is 0 Å². The topological polar surface area (TPSA) is 38.0 Å². The second-order valence-corrected chi connectivity index (χ2v) is 5.73. The van der Waals surface area contributed by atoms with Gasteiger partial charge in [0.15, 0.2) is 0 Å². The zero-order chi connectivity index (χ0) is 13.0. The van der Waals surface area contributed by atoms with Crippen molar-refractivity contribution in [2.75, 3.05) is 0 Å². The highest BCUT2D eigenvalue weighted by Crippen LogP contribution is 2.39. The van der Waals surface area contributed by atoms with Crippen molar-refractivity contribution < 1.29 is 4.39 Å².